The number of hydrogen-bond donors (Lipinski definition) is 2. The van der Waals surface area contributed by atoms with E-state index in [0.29, 0.717) is 23.7 Å². The molecule has 0 spiro atoms. The van der Waals surface area contributed by atoms with Gasteiger partial charge in [0.05, 0.1) is 0 Å². The van der Waals surface area contributed by atoms with Crippen LogP contribution in [0.1, 0.15) is 16.0 Å². The second-order valence-corrected chi connectivity index (χ2v) is 7.73. The Bertz CT molecular complexity index is 661. The van der Waals surface area contributed by atoms with Crippen LogP contribution in [0.25, 0.3) is 0 Å². The fourth-order valence-electron chi connectivity index (χ4n) is 1.73. The van der Waals surface area contributed by atoms with Crippen LogP contribution in [0.2, 0.25) is 0 Å². The minimum atomic E-state index is -3.44. The second kappa shape index (κ2) is 6.49. The van der Waals surface area contributed by atoms with Crippen molar-refractivity contribution in [2.45, 2.75) is 24.1 Å². The number of hydrogen-bond acceptors (Lipinski definition) is 4. The molecular formula is C14H18N2O2S2. The van der Waals surface area contributed by atoms with Gasteiger partial charge in [-0.1, -0.05) is 29.8 Å². The van der Waals surface area contributed by atoms with Gasteiger partial charge < -0.3 is 5.73 Å². The molecule has 20 heavy (non-hydrogen) atoms. The molecule has 2 rings (SSSR count). The third-order valence-corrected chi connectivity index (χ3v) is 5.92. The minimum absolute atomic E-state index is 0.298. The molecule has 0 aliphatic rings. The van der Waals surface area contributed by atoms with Crippen molar-refractivity contribution in [3.8, 4) is 0 Å². The molecule has 4 nitrogen and oxygen atoms in total. The molecule has 0 amide bonds. The first-order valence-electron chi connectivity index (χ1n) is 6.35. The average Bonchev–Trinajstić information content (AvgIpc) is 2.88. The van der Waals surface area contributed by atoms with Gasteiger partial charge in [0, 0.05) is 11.4 Å². The van der Waals surface area contributed by atoms with Crippen LogP contribution in [0.3, 0.4) is 0 Å². The van der Waals surface area contributed by atoms with Gasteiger partial charge in [-0.2, -0.15) is 0 Å². The molecule has 1 heterocycles. The van der Waals surface area contributed by atoms with Gasteiger partial charge in [0.1, 0.15) is 4.21 Å². The van der Waals surface area contributed by atoms with Gasteiger partial charge in [0.2, 0.25) is 10.0 Å². The van der Waals surface area contributed by atoms with Crippen LogP contribution in [0, 0.1) is 6.92 Å². The lowest BCUT2D eigenvalue weighted by molar-refractivity contribution is 0.583. The number of benzene rings is 1. The lowest BCUT2D eigenvalue weighted by Crippen LogP contribution is -2.22. The molecule has 0 saturated heterocycles. The molecule has 0 fully saturated rings. The number of rotatable bonds is 6. The van der Waals surface area contributed by atoms with E-state index in [1.54, 1.807) is 6.07 Å². The summed E-state index contributed by atoms with van der Waals surface area (Å²) in [5.41, 5.74) is 7.56. The Labute approximate surface area is 123 Å². The SMILES string of the molecule is Cc1ccc(CNS(=O)(=O)c2ccc(CCN)s2)cc1. The van der Waals surface area contributed by atoms with E-state index in [4.69, 9.17) is 5.73 Å². The standard InChI is InChI=1S/C14H18N2O2S2/c1-11-2-4-12(5-3-11)10-16-20(17,18)14-7-6-13(19-14)8-9-15/h2-7,16H,8-10,15H2,1H3. The molecule has 0 aliphatic carbocycles. The molecule has 6 heteroatoms. The number of thiophene rings is 1. The number of aryl methyl sites for hydroxylation is 1. The van der Waals surface area contributed by atoms with E-state index in [1.165, 1.54) is 11.3 Å². The van der Waals surface area contributed by atoms with Crippen LogP contribution in [0.5, 0.6) is 0 Å². The zero-order valence-corrected chi connectivity index (χ0v) is 12.9. The third kappa shape index (κ3) is 3.89. The van der Waals surface area contributed by atoms with Crippen molar-refractivity contribution in [3.63, 3.8) is 0 Å². The Hall–Kier alpha value is -1.21. The first-order chi connectivity index (χ1) is 9.51. The summed E-state index contributed by atoms with van der Waals surface area (Å²) in [5, 5.41) is 0. The number of nitrogens with one attached hydrogen (secondary N) is 1. The fraction of sp³-hybridized carbons (Fsp3) is 0.286. The molecule has 0 bridgehead atoms. The Kier molecular flexibility index (Phi) is 4.93. The first kappa shape index (κ1) is 15.2. The van der Waals surface area contributed by atoms with Gasteiger partial charge in [-0.3, -0.25) is 0 Å². The minimum Gasteiger partial charge on any atom is -0.330 e. The van der Waals surface area contributed by atoms with Crippen LogP contribution in [-0.2, 0) is 23.0 Å². The van der Waals surface area contributed by atoms with Crippen LogP contribution in [-0.4, -0.2) is 15.0 Å². The van der Waals surface area contributed by atoms with Gasteiger partial charge in [0.15, 0.2) is 0 Å². The van der Waals surface area contributed by atoms with E-state index in [9.17, 15) is 8.42 Å². The zero-order chi connectivity index (χ0) is 14.6. The van der Waals surface area contributed by atoms with Crippen molar-refractivity contribution in [3.05, 3.63) is 52.4 Å². The zero-order valence-electron chi connectivity index (χ0n) is 11.3. The molecule has 2 aromatic rings. The van der Waals surface area contributed by atoms with Crippen molar-refractivity contribution in [2.24, 2.45) is 5.73 Å². The highest BCUT2D eigenvalue weighted by molar-refractivity contribution is 7.91. The van der Waals surface area contributed by atoms with Gasteiger partial charge in [-0.05, 0) is 37.6 Å². The van der Waals surface area contributed by atoms with E-state index in [0.717, 1.165) is 16.0 Å². The number of sulfonamides is 1. The molecule has 0 radical (unpaired) electrons. The highest BCUT2D eigenvalue weighted by Crippen LogP contribution is 2.21. The highest BCUT2D eigenvalue weighted by atomic mass is 32.2. The number of nitrogens with two attached hydrogens (primary N) is 1. The fourth-order valence-corrected chi connectivity index (χ4v) is 4.17. The van der Waals surface area contributed by atoms with E-state index in [1.807, 2.05) is 37.3 Å². The monoisotopic (exact) mass is 310 g/mol. The van der Waals surface area contributed by atoms with Gasteiger partial charge >= 0.3 is 0 Å². The summed E-state index contributed by atoms with van der Waals surface area (Å²) in [5.74, 6) is 0. The summed E-state index contributed by atoms with van der Waals surface area (Å²) in [6, 6.07) is 11.2. The van der Waals surface area contributed by atoms with E-state index in [2.05, 4.69) is 4.72 Å². The van der Waals surface area contributed by atoms with E-state index < -0.39 is 10.0 Å². The molecule has 3 N–H and O–H groups in total. The first-order valence-corrected chi connectivity index (χ1v) is 8.65. The smallest absolute Gasteiger partial charge is 0.250 e. The summed E-state index contributed by atoms with van der Waals surface area (Å²) < 4.78 is 27.3. The van der Waals surface area contributed by atoms with Crippen LogP contribution < -0.4 is 10.5 Å². The molecule has 0 saturated carbocycles. The Morgan fingerprint density at radius 1 is 1.15 bits per heavy atom. The molecule has 1 aromatic carbocycles. The maximum atomic E-state index is 12.2. The molecule has 1 aromatic heterocycles. The summed E-state index contributed by atoms with van der Waals surface area (Å²) in [4.78, 5) is 0.989. The largest absolute Gasteiger partial charge is 0.330 e. The third-order valence-electron chi connectivity index (χ3n) is 2.88. The lowest BCUT2D eigenvalue weighted by Gasteiger charge is -2.05. The van der Waals surface area contributed by atoms with Crippen molar-refractivity contribution in [2.75, 3.05) is 6.54 Å². The maximum absolute atomic E-state index is 12.2. The topological polar surface area (TPSA) is 72.2 Å². The van der Waals surface area contributed by atoms with E-state index >= 15 is 0 Å². The van der Waals surface area contributed by atoms with Crippen molar-refractivity contribution < 1.29 is 8.42 Å². The molecular weight excluding hydrogens is 292 g/mol. The van der Waals surface area contributed by atoms with Crippen molar-refractivity contribution in [1.82, 2.24) is 4.72 Å². The van der Waals surface area contributed by atoms with E-state index in [-0.39, 0.29) is 0 Å². The Morgan fingerprint density at radius 2 is 1.85 bits per heavy atom. The Morgan fingerprint density at radius 3 is 2.50 bits per heavy atom. The molecule has 0 unspecified atom stereocenters. The van der Waals surface area contributed by atoms with Gasteiger partial charge in [0.25, 0.3) is 0 Å². The average molecular weight is 310 g/mol. The summed E-state index contributed by atoms with van der Waals surface area (Å²) in [6.07, 6.45) is 0.706. The van der Waals surface area contributed by atoms with Gasteiger partial charge in [-0.15, -0.1) is 11.3 Å². The summed E-state index contributed by atoms with van der Waals surface area (Å²) in [7, 11) is -3.44. The highest BCUT2D eigenvalue weighted by Gasteiger charge is 2.16. The normalized spacial score (nSPS) is 11.7. The van der Waals surface area contributed by atoms with Crippen LogP contribution in [0.4, 0.5) is 0 Å². The lowest BCUT2D eigenvalue weighted by atomic mass is 10.2. The van der Waals surface area contributed by atoms with Crippen molar-refractivity contribution in [1.29, 1.82) is 0 Å². The molecule has 108 valence electrons. The predicted octanol–water partition coefficient (Wildman–Crippen LogP) is 2.04. The van der Waals surface area contributed by atoms with Crippen molar-refractivity contribution >= 4 is 21.4 Å². The van der Waals surface area contributed by atoms with Gasteiger partial charge in [-0.25, -0.2) is 13.1 Å². The maximum Gasteiger partial charge on any atom is 0.250 e. The molecule has 0 aliphatic heterocycles. The second-order valence-electron chi connectivity index (χ2n) is 4.57. The summed E-state index contributed by atoms with van der Waals surface area (Å²) in [6.45, 7) is 2.82. The van der Waals surface area contributed by atoms with Crippen LogP contribution >= 0.6 is 11.3 Å². The Balaban J connectivity index is 2.04. The predicted molar refractivity (Wildman–Crippen MR) is 82.3 cm³/mol. The van der Waals surface area contributed by atoms with Crippen LogP contribution in [0.15, 0.2) is 40.6 Å². The quantitative estimate of drug-likeness (QED) is 0.857. The summed E-state index contributed by atoms with van der Waals surface area (Å²) >= 11 is 1.27. The molecule has 0 atom stereocenters.